The summed E-state index contributed by atoms with van der Waals surface area (Å²) in [6, 6.07) is 11.3. The van der Waals surface area contributed by atoms with E-state index in [0.717, 1.165) is 41.0 Å². The van der Waals surface area contributed by atoms with Crippen LogP contribution in [0.4, 0.5) is 0 Å². The van der Waals surface area contributed by atoms with Crippen LogP contribution >= 0.6 is 11.6 Å². The van der Waals surface area contributed by atoms with Gasteiger partial charge >= 0.3 is 5.63 Å². The van der Waals surface area contributed by atoms with Gasteiger partial charge in [0.15, 0.2) is 11.5 Å². The summed E-state index contributed by atoms with van der Waals surface area (Å²) >= 11 is 6.25. The highest BCUT2D eigenvalue weighted by Gasteiger charge is 2.12. The molecule has 5 nitrogen and oxygen atoms in total. The van der Waals surface area contributed by atoms with Crippen LogP contribution in [0, 0.1) is 6.92 Å². The van der Waals surface area contributed by atoms with Gasteiger partial charge in [0, 0.05) is 28.5 Å². The van der Waals surface area contributed by atoms with E-state index in [-0.39, 0.29) is 5.63 Å². The predicted molar refractivity (Wildman–Crippen MR) is 104 cm³/mol. The van der Waals surface area contributed by atoms with Crippen molar-refractivity contribution in [2.75, 3.05) is 19.8 Å². The molecule has 0 spiro atoms. The lowest BCUT2D eigenvalue weighted by molar-refractivity contribution is -0.670. The number of hydrogen-bond donors (Lipinski definition) is 1. The van der Waals surface area contributed by atoms with Crippen LogP contribution in [0.2, 0.25) is 5.02 Å². The van der Waals surface area contributed by atoms with Gasteiger partial charge in [-0.1, -0.05) is 17.7 Å². The van der Waals surface area contributed by atoms with Crippen LogP contribution in [0.5, 0.6) is 11.5 Å². The molecule has 6 heteroatoms. The van der Waals surface area contributed by atoms with Crippen LogP contribution in [0.1, 0.15) is 16.7 Å². The van der Waals surface area contributed by atoms with Crippen molar-refractivity contribution in [3.63, 3.8) is 0 Å². The molecule has 27 heavy (non-hydrogen) atoms. The Kier molecular flexibility index (Phi) is 5.05. The predicted octanol–water partition coefficient (Wildman–Crippen LogP) is 2.83. The van der Waals surface area contributed by atoms with E-state index < -0.39 is 0 Å². The lowest BCUT2D eigenvalue weighted by atomic mass is 10.1. The van der Waals surface area contributed by atoms with Gasteiger partial charge in [0.25, 0.3) is 0 Å². The molecule has 0 amide bonds. The van der Waals surface area contributed by atoms with Crippen LogP contribution < -0.4 is 20.4 Å². The zero-order valence-corrected chi connectivity index (χ0v) is 15.8. The third-order valence-corrected chi connectivity index (χ3v) is 5.12. The molecule has 0 fully saturated rings. The molecule has 0 unspecified atom stereocenters. The number of halogens is 1. The van der Waals surface area contributed by atoms with E-state index in [1.165, 1.54) is 5.56 Å². The second-order valence-electron chi connectivity index (χ2n) is 6.70. The van der Waals surface area contributed by atoms with Crippen molar-refractivity contribution in [1.29, 1.82) is 0 Å². The second kappa shape index (κ2) is 7.62. The van der Waals surface area contributed by atoms with E-state index in [4.69, 9.17) is 25.5 Å². The van der Waals surface area contributed by atoms with E-state index in [0.29, 0.717) is 30.4 Å². The van der Waals surface area contributed by atoms with Crippen LogP contribution in [0.15, 0.2) is 45.6 Å². The highest BCUT2D eigenvalue weighted by Crippen LogP contribution is 2.30. The highest BCUT2D eigenvalue weighted by molar-refractivity contribution is 6.32. The van der Waals surface area contributed by atoms with Gasteiger partial charge in [-0.25, -0.2) is 4.79 Å². The molecule has 0 saturated heterocycles. The van der Waals surface area contributed by atoms with Crippen molar-refractivity contribution < 1.29 is 19.2 Å². The molecule has 4 rings (SSSR count). The zero-order chi connectivity index (χ0) is 18.8. The molecule has 0 bridgehead atoms. The number of quaternary nitrogens is 1. The van der Waals surface area contributed by atoms with Crippen LogP contribution in [0.25, 0.3) is 11.0 Å². The van der Waals surface area contributed by atoms with Gasteiger partial charge in [-0.2, -0.15) is 0 Å². The minimum absolute atomic E-state index is 0.334. The van der Waals surface area contributed by atoms with E-state index in [9.17, 15) is 4.79 Å². The van der Waals surface area contributed by atoms with E-state index in [1.807, 2.05) is 31.2 Å². The maximum Gasteiger partial charge on any atom is 0.336 e. The summed E-state index contributed by atoms with van der Waals surface area (Å²) in [5.41, 5.74) is 3.28. The quantitative estimate of drug-likeness (QED) is 0.541. The van der Waals surface area contributed by atoms with Crippen LogP contribution in [-0.4, -0.2) is 19.8 Å². The Morgan fingerprint density at radius 3 is 2.74 bits per heavy atom. The summed E-state index contributed by atoms with van der Waals surface area (Å²) in [4.78, 5) is 11.9. The second-order valence-corrected chi connectivity index (χ2v) is 7.10. The van der Waals surface area contributed by atoms with Gasteiger partial charge in [0.2, 0.25) is 0 Å². The summed E-state index contributed by atoms with van der Waals surface area (Å²) in [5, 5.41) is 3.74. The zero-order valence-electron chi connectivity index (χ0n) is 15.1. The first kappa shape index (κ1) is 17.9. The van der Waals surface area contributed by atoms with Crippen molar-refractivity contribution in [3.8, 4) is 11.5 Å². The monoisotopic (exact) mass is 386 g/mol. The number of aryl methyl sites for hydroxylation is 1. The number of nitrogens with two attached hydrogens (primary N) is 1. The first-order valence-electron chi connectivity index (χ1n) is 9.03. The van der Waals surface area contributed by atoms with Crippen molar-refractivity contribution in [2.24, 2.45) is 0 Å². The Morgan fingerprint density at radius 1 is 1.07 bits per heavy atom. The molecular formula is C21H21ClNO4+. The lowest BCUT2D eigenvalue weighted by Crippen LogP contribution is -2.83. The third kappa shape index (κ3) is 3.94. The molecule has 2 N–H and O–H groups in total. The van der Waals surface area contributed by atoms with E-state index in [2.05, 4.69) is 11.4 Å². The normalized spacial score (nSPS) is 13.1. The molecular weight excluding hydrogens is 366 g/mol. The first-order valence-corrected chi connectivity index (χ1v) is 9.41. The molecule has 0 radical (unpaired) electrons. The Balaban J connectivity index is 1.43. The van der Waals surface area contributed by atoms with Gasteiger partial charge in [-0.3, -0.25) is 0 Å². The molecule has 3 aromatic rings. The number of ether oxygens (including phenoxy) is 2. The maximum absolute atomic E-state index is 11.9. The number of hydrogen-bond acceptors (Lipinski definition) is 4. The van der Waals surface area contributed by atoms with E-state index in [1.54, 1.807) is 6.07 Å². The highest BCUT2D eigenvalue weighted by atomic mass is 35.5. The van der Waals surface area contributed by atoms with E-state index >= 15 is 0 Å². The fraction of sp³-hybridized carbons (Fsp3) is 0.286. The molecule has 2 aromatic carbocycles. The fourth-order valence-electron chi connectivity index (χ4n) is 3.29. The van der Waals surface area contributed by atoms with Crippen molar-refractivity contribution in [1.82, 2.24) is 0 Å². The summed E-state index contributed by atoms with van der Waals surface area (Å²) in [5.74, 6) is 1.62. The van der Waals surface area contributed by atoms with Crippen molar-refractivity contribution in [2.45, 2.75) is 19.9 Å². The largest absolute Gasteiger partial charge is 0.486 e. The average molecular weight is 387 g/mol. The van der Waals surface area contributed by atoms with Crippen LogP contribution in [-0.2, 0) is 13.0 Å². The van der Waals surface area contributed by atoms with Gasteiger partial charge in [0.05, 0.1) is 6.54 Å². The summed E-state index contributed by atoms with van der Waals surface area (Å²) in [6.07, 6.45) is 0.899. The summed E-state index contributed by atoms with van der Waals surface area (Å²) < 4.78 is 16.5. The van der Waals surface area contributed by atoms with Crippen molar-refractivity contribution >= 4 is 22.6 Å². The standard InChI is InChI=1S/C21H20ClNO4/c1-13-8-19-16(11-17(13)22)15(10-21(24)27-19)12-23-5-4-14-2-3-18-20(9-14)26-7-6-25-18/h2-3,8-11,23H,4-7,12H2,1H3/p+1. The van der Waals surface area contributed by atoms with Gasteiger partial charge in [0.1, 0.15) is 25.3 Å². The molecule has 0 atom stereocenters. The number of fused-ring (bicyclic) bond motifs is 2. The lowest BCUT2D eigenvalue weighted by Gasteiger charge is -2.18. The average Bonchev–Trinajstić information content (AvgIpc) is 2.66. The topological polar surface area (TPSA) is 65.3 Å². The molecule has 2 heterocycles. The van der Waals surface area contributed by atoms with Crippen molar-refractivity contribution in [3.05, 3.63) is 68.5 Å². The van der Waals surface area contributed by atoms with Gasteiger partial charge in [-0.05, 0) is 42.3 Å². The molecule has 1 aromatic heterocycles. The molecule has 0 aliphatic carbocycles. The Morgan fingerprint density at radius 2 is 1.89 bits per heavy atom. The fourth-order valence-corrected chi connectivity index (χ4v) is 3.45. The Labute approximate surface area is 161 Å². The molecule has 1 aliphatic rings. The summed E-state index contributed by atoms with van der Waals surface area (Å²) in [6.45, 7) is 4.66. The first-order chi connectivity index (χ1) is 13.1. The Bertz CT molecular complexity index is 1040. The Hall–Kier alpha value is -2.50. The number of benzene rings is 2. The molecule has 140 valence electrons. The maximum atomic E-state index is 11.9. The van der Waals surface area contributed by atoms with Gasteiger partial charge in [-0.15, -0.1) is 0 Å². The molecule has 0 saturated carbocycles. The molecule has 1 aliphatic heterocycles. The minimum atomic E-state index is -0.334. The third-order valence-electron chi connectivity index (χ3n) is 4.72. The smallest absolute Gasteiger partial charge is 0.336 e. The summed E-state index contributed by atoms with van der Waals surface area (Å²) in [7, 11) is 0. The van der Waals surface area contributed by atoms with Gasteiger partial charge < -0.3 is 19.2 Å². The SMILES string of the molecule is Cc1cc2oc(=O)cc(C[NH2+]CCc3ccc4c(c3)OCCO4)c2cc1Cl. The number of rotatable bonds is 5. The minimum Gasteiger partial charge on any atom is -0.486 e. The van der Waals surface area contributed by atoms with Crippen LogP contribution in [0.3, 0.4) is 0 Å².